The molecule has 1 heterocycles. The van der Waals surface area contributed by atoms with Crippen LogP contribution in [0.5, 0.6) is 0 Å². The molecule has 4 rings (SSSR count). The molecule has 3 aromatic carbocycles. The summed E-state index contributed by atoms with van der Waals surface area (Å²) in [7, 11) is 0. The van der Waals surface area contributed by atoms with Crippen molar-refractivity contribution < 1.29 is 23.9 Å². The summed E-state index contributed by atoms with van der Waals surface area (Å²) in [6.45, 7) is 1.19. The molecule has 0 radical (unpaired) electrons. The van der Waals surface area contributed by atoms with Crippen LogP contribution in [-0.2, 0) is 9.53 Å². The molecule has 0 aromatic heterocycles. The second-order valence-electron chi connectivity index (χ2n) is 7.58. The van der Waals surface area contributed by atoms with Crippen molar-refractivity contribution in [2.45, 2.75) is 13.0 Å². The molecule has 0 unspecified atom stereocenters. The van der Waals surface area contributed by atoms with Gasteiger partial charge in [0, 0.05) is 5.02 Å². The minimum atomic E-state index is -0.810. The number of benzene rings is 3. The van der Waals surface area contributed by atoms with Gasteiger partial charge in [-0.3, -0.25) is 19.3 Å². The molecular formula is C25H18Cl2N2O5. The summed E-state index contributed by atoms with van der Waals surface area (Å²) >= 11 is 11.8. The molecule has 3 amide bonds. The first-order valence-corrected chi connectivity index (χ1v) is 11.0. The molecule has 0 saturated heterocycles. The van der Waals surface area contributed by atoms with Gasteiger partial charge in [-0.15, -0.1) is 0 Å². The Balaban J connectivity index is 1.44. The van der Waals surface area contributed by atoms with Crippen molar-refractivity contribution in [3.8, 4) is 0 Å². The summed E-state index contributed by atoms with van der Waals surface area (Å²) in [5, 5.41) is 3.17. The van der Waals surface area contributed by atoms with Crippen LogP contribution in [0.25, 0.3) is 0 Å². The van der Waals surface area contributed by atoms with E-state index in [1.54, 1.807) is 13.0 Å². The highest BCUT2D eigenvalue weighted by Gasteiger charge is 2.39. The van der Waals surface area contributed by atoms with Crippen LogP contribution in [0.4, 0.5) is 5.69 Å². The van der Waals surface area contributed by atoms with Gasteiger partial charge >= 0.3 is 5.97 Å². The number of amides is 3. The van der Waals surface area contributed by atoms with Gasteiger partial charge in [0.1, 0.15) is 0 Å². The van der Waals surface area contributed by atoms with Crippen molar-refractivity contribution >= 4 is 52.6 Å². The van der Waals surface area contributed by atoms with E-state index in [-0.39, 0.29) is 21.7 Å². The zero-order valence-corrected chi connectivity index (χ0v) is 19.4. The van der Waals surface area contributed by atoms with Crippen molar-refractivity contribution in [3.63, 3.8) is 0 Å². The van der Waals surface area contributed by atoms with Crippen LogP contribution < -0.4 is 5.32 Å². The third-order valence-corrected chi connectivity index (χ3v) is 5.91. The van der Waals surface area contributed by atoms with E-state index >= 15 is 0 Å². The van der Waals surface area contributed by atoms with Crippen LogP contribution in [0.2, 0.25) is 10.0 Å². The predicted molar refractivity (Wildman–Crippen MR) is 127 cm³/mol. The number of carbonyl (C=O) groups excluding carboxylic acids is 4. The average Bonchev–Trinajstić information content (AvgIpc) is 3.08. The summed E-state index contributed by atoms with van der Waals surface area (Å²) in [6, 6.07) is 17.3. The Morgan fingerprint density at radius 1 is 0.941 bits per heavy atom. The maximum absolute atomic E-state index is 13.0. The Bertz CT molecular complexity index is 1310. The van der Waals surface area contributed by atoms with E-state index in [1.165, 1.54) is 35.2 Å². The van der Waals surface area contributed by atoms with E-state index in [4.69, 9.17) is 27.9 Å². The monoisotopic (exact) mass is 496 g/mol. The van der Waals surface area contributed by atoms with Crippen LogP contribution in [0.15, 0.2) is 66.7 Å². The lowest BCUT2D eigenvalue weighted by Crippen LogP contribution is -2.32. The summed E-state index contributed by atoms with van der Waals surface area (Å²) < 4.78 is 5.06. The van der Waals surface area contributed by atoms with Crippen molar-refractivity contribution in [1.82, 2.24) is 4.90 Å². The maximum atomic E-state index is 13.0. The number of fused-ring (bicyclic) bond motifs is 1. The highest BCUT2D eigenvalue weighted by atomic mass is 35.5. The molecule has 1 aliphatic heterocycles. The maximum Gasteiger partial charge on any atom is 0.338 e. The van der Waals surface area contributed by atoms with Gasteiger partial charge in [-0.05, 0) is 48.9 Å². The van der Waals surface area contributed by atoms with E-state index in [2.05, 4.69) is 5.32 Å². The molecule has 0 fully saturated rings. The lowest BCUT2D eigenvalue weighted by Gasteiger charge is -2.22. The minimum absolute atomic E-state index is 0.0476. The van der Waals surface area contributed by atoms with Gasteiger partial charge in [0.15, 0.2) is 6.61 Å². The van der Waals surface area contributed by atoms with E-state index in [0.29, 0.717) is 10.7 Å². The number of imide groups is 1. The highest BCUT2D eigenvalue weighted by Crippen LogP contribution is 2.32. The van der Waals surface area contributed by atoms with Gasteiger partial charge in [-0.2, -0.15) is 0 Å². The Labute approximate surface area is 205 Å². The van der Waals surface area contributed by atoms with E-state index < -0.39 is 36.3 Å². The number of hydrogen-bond acceptors (Lipinski definition) is 5. The van der Waals surface area contributed by atoms with Crippen LogP contribution >= 0.6 is 23.2 Å². The number of ether oxygens (including phenoxy) is 1. The number of rotatable bonds is 6. The SMILES string of the molecule is C[C@H](c1ccccc1)N1C(=O)c2ccc(C(=O)OCC(=O)Nc3ccc(Cl)cc3Cl)cc2C1=O. The van der Waals surface area contributed by atoms with E-state index in [9.17, 15) is 19.2 Å². The van der Waals surface area contributed by atoms with Gasteiger partial charge in [0.2, 0.25) is 0 Å². The van der Waals surface area contributed by atoms with Crippen LogP contribution in [-0.4, -0.2) is 35.2 Å². The largest absolute Gasteiger partial charge is 0.452 e. The number of anilines is 1. The molecule has 0 bridgehead atoms. The van der Waals surface area contributed by atoms with Gasteiger partial charge in [0.25, 0.3) is 17.7 Å². The number of nitrogens with zero attached hydrogens (tertiary/aromatic N) is 1. The Hall–Kier alpha value is -3.68. The summed E-state index contributed by atoms with van der Waals surface area (Å²) in [4.78, 5) is 51.6. The molecule has 9 heteroatoms. The molecular weight excluding hydrogens is 479 g/mol. The van der Waals surface area contributed by atoms with Gasteiger partial charge in [-0.25, -0.2) is 4.79 Å². The lowest BCUT2D eigenvalue weighted by molar-refractivity contribution is -0.119. The van der Waals surface area contributed by atoms with E-state index in [1.807, 2.05) is 30.3 Å². The molecule has 1 atom stereocenters. The molecule has 34 heavy (non-hydrogen) atoms. The van der Waals surface area contributed by atoms with Gasteiger partial charge < -0.3 is 10.1 Å². The Morgan fingerprint density at radius 2 is 1.65 bits per heavy atom. The highest BCUT2D eigenvalue weighted by molar-refractivity contribution is 6.36. The Morgan fingerprint density at radius 3 is 2.35 bits per heavy atom. The number of esters is 1. The van der Waals surface area contributed by atoms with Gasteiger partial charge in [-0.1, -0.05) is 53.5 Å². The van der Waals surface area contributed by atoms with Crippen molar-refractivity contribution in [3.05, 3.63) is 99.0 Å². The first-order valence-electron chi connectivity index (χ1n) is 10.2. The molecule has 0 spiro atoms. The molecule has 0 saturated carbocycles. The molecule has 7 nitrogen and oxygen atoms in total. The van der Waals surface area contributed by atoms with Crippen LogP contribution in [0.3, 0.4) is 0 Å². The number of halogens is 2. The second-order valence-corrected chi connectivity index (χ2v) is 8.42. The first-order chi connectivity index (χ1) is 16.3. The van der Waals surface area contributed by atoms with Gasteiger partial charge in [0.05, 0.1) is 33.4 Å². The molecule has 172 valence electrons. The standard InChI is InChI=1S/C25H18Cl2N2O5/c1-14(15-5-3-2-4-6-15)29-23(31)18-9-7-16(11-19(18)24(29)32)25(33)34-13-22(30)28-21-10-8-17(26)12-20(21)27/h2-12,14H,13H2,1H3,(H,28,30)/t14-/m1/s1. The van der Waals surface area contributed by atoms with E-state index in [0.717, 1.165) is 5.56 Å². The molecule has 3 aromatic rings. The second kappa shape index (κ2) is 9.67. The fraction of sp³-hybridized carbons (Fsp3) is 0.120. The fourth-order valence-corrected chi connectivity index (χ4v) is 4.07. The minimum Gasteiger partial charge on any atom is -0.452 e. The normalized spacial score (nSPS) is 13.4. The number of nitrogens with one attached hydrogen (secondary N) is 1. The molecule has 1 N–H and O–H groups in total. The molecule has 0 aliphatic carbocycles. The average molecular weight is 497 g/mol. The lowest BCUT2D eigenvalue weighted by atomic mass is 10.1. The number of carbonyl (C=O) groups is 4. The van der Waals surface area contributed by atoms with Crippen LogP contribution in [0.1, 0.15) is 49.6 Å². The quantitative estimate of drug-likeness (QED) is 0.376. The molecule has 1 aliphatic rings. The van der Waals surface area contributed by atoms with Crippen molar-refractivity contribution in [2.75, 3.05) is 11.9 Å². The number of hydrogen-bond donors (Lipinski definition) is 1. The topological polar surface area (TPSA) is 92.8 Å². The smallest absolute Gasteiger partial charge is 0.338 e. The summed E-state index contributed by atoms with van der Waals surface area (Å²) in [5.41, 5.74) is 1.50. The summed E-state index contributed by atoms with van der Waals surface area (Å²) in [6.07, 6.45) is 0. The fourth-order valence-electron chi connectivity index (χ4n) is 3.61. The van der Waals surface area contributed by atoms with Crippen LogP contribution in [0, 0.1) is 0 Å². The third-order valence-electron chi connectivity index (χ3n) is 5.36. The zero-order chi connectivity index (χ0) is 24.4. The predicted octanol–water partition coefficient (Wildman–Crippen LogP) is 5.15. The van der Waals surface area contributed by atoms with Crippen molar-refractivity contribution in [1.29, 1.82) is 0 Å². The Kier molecular flexibility index (Phi) is 6.68. The summed E-state index contributed by atoms with van der Waals surface area (Å²) in [5.74, 6) is -2.35. The third kappa shape index (κ3) is 4.66. The van der Waals surface area contributed by atoms with Crippen molar-refractivity contribution in [2.24, 2.45) is 0 Å². The first kappa shape index (κ1) is 23.5. The zero-order valence-electron chi connectivity index (χ0n) is 17.9.